The highest BCUT2D eigenvalue weighted by Crippen LogP contribution is 2.43. The van der Waals surface area contributed by atoms with E-state index in [0.29, 0.717) is 16.9 Å². The molecular formula is C23H19N7O4. The van der Waals surface area contributed by atoms with E-state index in [4.69, 9.17) is 15.2 Å². The van der Waals surface area contributed by atoms with Crippen LogP contribution in [0.25, 0.3) is 5.69 Å². The lowest BCUT2D eigenvalue weighted by Crippen LogP contribution is -2.40. The van der Waals surface area contributed by atoms with E-state index < -0.39 is 17.9 Å². The minimum Gasteiger partial charge on any atom is -0.466 e. The summed E-state index contributed by atoms with van der Waals surface area (Å²) in [5.74, 6) is -2.59. The largest absolute Gasteiger partial charge is 0.466 e. The first-order chi connectivity index (χ1) is 16.5. The van der Waals surface area contributed by atoms with Crippen LogP contribution < -0.4 is 10.6 Å². The lowest BCUT2D eigenvalue weighted by Gasteiger charge is -2.36. The van der Waals surface area contributed by atoms with Gasteiger partial charge in [-0.05, 0) is 34.2 Å². The molecule has 4 rings (SSSR count). The number of carbonyl (C=O) groups is 2. The van der Waals surface area contributed by atoms with Gasteiger partial charge in [0, 0.05) is 5.69 Å². The number of aromatic nitrogens is 4. The highest BCUT2D eigenvalue weighted by atomic mass is 16.5. The van der Waals surface area contributed by atoms with E-state index in [1.165, 1.54) is 30.1 Å². The maximum absolute atomic E-state index is 13.1. The quantitative estimate of drug-likeness (QED) is 0.559. The third-order valence-corrected chi connectivity index (χ3v) is 5.31. The zero-order chi connectivity index (χ0) is 24.2. The number of hydrogen-bond acceptors (Lipinski definition) is 10. The number of rotatable bonds is 5. The molecule has 0 amide bonds. The number of hydrogen-bond donors (Lipinski definition) is 1. The summed E-state index contributed by atoms with van der Waals surface area (Å²) in [7, 11) is 2.39. The van der Waals surface area contributed by atoms with Gasteiger partial charge in [0.2, 0.25) is 0 Å². The Balaban J connectivity index is 2.02. The van der Waals surface area contributed by atoms with Gasteiger partial charge in [-0.3, -0.25) is 4.90 Å². The molecule has 0 fully saturated rings. The Hall–Kier alpha value is -4.98. The van der Waals surface area contributed by atoms with Crippen LogP contribution in [0.15, 0.2) is 83.6 Å². The fourth-order valence-corrected chi connectivity index (χ4v) is 3.84. The third kappa shape index (κ3) is 3.73. The Kier molecular flexibility index (Phi) is 6.05. The standard InChI is InChI=1S/C23H19N7O4/c1-33-22(31)19-18(14-7-4-3-5-8-14)17(12-24)21(25)30(20(19)23(32)34-2)16-10-6-9-15(11-16)29-13-26-27-28-29/h3-11,13,18H,25H2,1-2H3. The molecule has 2 aromatic carbocycles. The van der Waals surface area contributed by atoms with Crippen molar-refractivity contribution < 1.29 is 19.1 Å². The lowest BCUT2D eigenvalue weighted by molar-refractivity contribution is -0.139. The minimum atomic E-state index is -0.938. The summed E-state index contributed by atoms with van der Waals surface area (Å²) in [6.07, 6.45) is 1.40. The molecule has 0 spiro atoms. The molecule has 2 N–H and O–H groups in total. The van der Waals surface area contributed by atoms with E-state index in [9.17, 15) is 14.9 Å². The third-order valence-electron chi connectivity index (χ3n) is 5.31. The van der Waals surface area contributed by atoms with Gasteiger partial charge < -0.3 is 15.2 Å². The first-order valence-electron chi connectivity index (χ1n) is 10.0. The normalized spacial score (nSPS) is 15.7. The van der Waals surface area contributed by atoms with Gasteiger partial charge in [0.15, 0.2) is 0 Å². The van der Waals surface area contributed by atoms with Crippen LogP contribution >= 0.6 is 0 Å². The number of allylic oxidation sites excluding steroid dienone is 1. The number of esters is 2. The van der Waals surface area contributed by atoms with Crippen molar-refractivity contribution >= 4 is 17.6 Å². The number of benzene rings is 2. The minimum absolute atomic E-state index is 0.0294. The van der Waals surface area contributed by atoms with E-state index in [1.807, 2.05) is 0 Å². The van der Waals surface area contributed by atoms with Crippen LogP contribution in [0.1, 0.15) is 11.5 Å². The predicted molar refractivity (Wildman–Crippen MR) is 119 cm³/mol. The Bertz CT molecular complexity index is 1340. The fourth-order valence-electron chi connectivity index (χ4n) is 3.84. The number of nitrogens with zero attached hydrogens (tertiary/aromatic N) is 6. The number of methoxy groups -OCH3 is 2. The molecule has 1 unspecified atom stereocenters. The molecule has 3 aromatic rings. The molecule has 34 heavy (non-hydrogen) atoms. The lowest BCUT2D eigenvalue weighted by atomic mass is 9.81. The molecule has 1 atom stereocenters. The monoisotopic (exact) mass is 457 g/mol. The van der Waals surface area contributed by atoms with Crippen LogP contribution in [-0.2, 0) is 19.1 Å². The van der Waals surface area contributed by atoms with Crippen LogP contribution in [-0.4, -0.2) is 46.4 Å². The predicted octanol–water partition coefficient (Wildman–Crippen LogP) is 1.56. The molecule has 11 heteroatoms. The highest BCUT2D eigenvalue weighted by Gasteiger charge is 2.43. The molecule has 170 valence electrons. The Morgan fingerprint density at radius 2 is 1.74 bits per heavy atom. The van der Waals surface area contributed by atoms with Crippen molar-refractivity contribution in [3.05, 3.63) is 89.2 Å². The Labute approximate surface area is 194 Å². The zero-order valence-electron chi connectivity index (χ0n) is 18.2. The van der Waals surface area contributed by atoms with Gasteiger partial charge in [-0.1, -0.05) is 36.4 Å². The number of ether oxygens (including phenoxy) is 2. The SMILES string of the molecule is COC(=O)C1=C(C(=O)OC)N(c2cccc(-n3cnnn3)c2)C(N)=C(C#N)C1c1ccccc1. The zero-order valence-corrected chi connectivity index (χ0v) is 18.2. The first kappa shape index (κ1) is 22.2. The van der Waals surface area contributed by atoms with Crippen molar-refractivity contribution in [2.75, 3.05) is 19.1 Å². The summed E-state index contributed by atoms with van der Waals surface area (Å²) in [5.41, 5.74) is 7.87. The molecule has 0 radical (unpaired) electrons. The summed E-state index contributed by atoms with van der Waals surface area (Å²) in [5, 5.41) is 21.2. The van der Waals surface area contributed by atoms with E-state index in [-0.39, 0.29) is 22.7 Å². The van der Waals surface area contributed by atoms with E-state index in [0.717, 1.165) is 0 Å². The summed E-state index contributed by atoms with van der Waals surface area (Å²) in [6, 6.07) is 17.7. The number of anilines is 1. The Morgan fingerprint density at radius 1 is 1.03 bits per heavy atom. The van der Waals surface area contributed by atoms with Gasteiger partial charge in [0.05, 0.1) is 43.0 Å². The molecule has 0 bridgehead atoms. The Morgan fingerprint density at radius 3 is 2.35 bits per heavy atom. The molecule has 1 aliphatic heterocycles. The summed E-state index contributed by atoms with van der Waals surface area (Å²) >= 11 is 0. The van der Waals surface area contributed by atoms with Crippen molar-refractivity contribution in [2.45, 2.75) is 5.92 Å². The van der Waals surface area contributed by atoms with Crippen LogP contribution in [0.3, 0.4) is 0 Å². The van der Waals surface area contributed by atoms with Crippen LogP contribution in [0.2, 0.25) is 0 Å². The molecule has 0 saturated carbocycles. The average Bonchev–Trinajstić information content (AvgIpc) is 3.42. The smallest absolute Gasteiger partial charge is 0.355 e. The summed E-state index contributed by atoms with van der Waals surface area (Å²) in [4.78, 5) is 27.5. The summed E-state index contributed by atoms with van der Waals surface area (Å²) in [6.45, 7) is 0. The fraction of sp³-hybridized carbons (Fsp3) is 0.130. The second kappa shape index (κ2) is 9.25. The van der Waals surface area contributed by atoms with E-state index >= 15 is 0 Å². The molecular weight excluding hydrogens is 438 g/mol. The molecule has 1 aromatic heterocycles. The van der Waals surface area contributed by atoms with Crippen molar-refractivity contribution in [1.82, 2.24) is 20.2 Å². The second-order valence-electron chi connectivity index (χ2n) is 7.11. The van der Waals surface area contributed by atoms with Crippen molar-refractivity contribution in [3.63, 3.8) is 0 Å². The maximum atomic E-state index is 13.1. The first-order valence-corrected chi connectivity index (χ1v) is 10.0. The van der Waals surface area contributed by atoms with Crippen molar-refractivity contribution in [2.24, 2.45) is 5.73 Å². The van der Waals surface area contributed by atoms with Crippen molar-refractivity contribution in [1.29, 1.82) is 5.26 Å². The molecule has 1 aliphatic rings. The van der Waals surface area contributed by atoms with Gasteiger partial charge in [-0.2, -0.15) is 5.26 Å². The highest BCUT2D eigenvalue weighted by molar-refractivity contribution is 6.06. The van der Waals surface area contributed by atoms with Crippen LogP contribution in [0.5, 0.6) is 0 Å². The van der Waals surface area contributed by atoms with Crippen LogP contribution in [0, 0.1) is 11.3 Å². The van der Waals surface area contributed by atoms with Crippen LogP contribution in [0.4, 0.5) is 5.69 Å². The topological polar surface area (TPSA) is 149 Å². The second-order valence-corrected chi connectivity index (χ2v) is 7.11. The molecule has 0 aliphatic carbocycles. The van der Waals surface area contributed by atoms with Gasteiger partial charge >= 0.3 is 11.9 Å². The van der Waals surface area contributed by atoms with E-state index in [2.05, 4.69) is 21.6 Å². The molecule has 2 heterocycles. The van der Waals surface area contributed by atoms with Crippen molar-refractivity contribution in [3.8, 4) is 11.8 Å². The number of carbonyl (C=O) groups excluding carboxylic acids is 2. The van der Waals surface area contributed by atoms with Gasteiger partial charge in [-0.25, -0.2) is 14.3 Å². The van der Waals surface area contributed by atoms with Gasteiger partial charge in [0.1, 0.15) is 17.8 Å². The maximum Gasteiger partial charge on any atom is 0.355 e. The van der Waals surface area contributed by atoms with E-state index in [1.54, 1.807) is 54.6 Å². The number of nitrogens with two attached hydrogens (primary N) is 1. The van der Waals surface area contributed by atoms with Gasteiger partial charge in [0.25, 0.3) is 0 Å². The average molecular weight is 457 g/mol. The molecule has 11 nitrogen and oxygen atoms in total. The molecule has 0 saturated heterocycles. The number of nitriles is 1. The summed E-state index contributed by atoms with van der Waals surface area (Å²) < 4.78 is 11.5. The number of tetrazole rings is 1. The van der Waals surface area contributed by atoms with Gasteiger partial charge in [-0.15, -0.1) is 5.10 Å².